The van der Waals surface area contributed by atoms with E-state index in [1.165, 1.54) is 49.1 Å². The summed E-state index contributed by atoms with van der Waals surface area (Å²) in [5.74, 6) is -1.89. The van der Waals surface area contributed by atoms with Crippen LogP contribution < -0.4 is 0 Å². The Morgan fingerprint density at radius 3 is 2.50 bits per heavy atom. The predicted molar refractivity (Wildman–Crippen MR) is 141 cm³/mol. The van der Waals surface area contributed by atoms with Crippen LogP contribution in [0.1, 0.15) is 32.5 Å². The lowest BCUT2D eigenvalue weighted by molar-refractivity contribution is -0.212. The topological polar surface area (TPSA) is 168 Å². The highest BCUT2D eigenvalue weighted by Gasteiger charge is 2.52. The van der Waals surface area contributed by atoms with Crippen molar-refractivity contribution in [1.29, 1.82) is 5.26 Å². The Morgan fingerprint density at radius 1 is 1.18 bits per heavy atom. The number of hydrogen-bond donors (Lipinski definition) is 0. The summed E-state index contributed by atoms with van der Waals surface area (Å²) in [5.41, 5.74) is -0.561. The molecule has 0 N–H and O–H groups in total. The second kappa shape index (κ2) is 12.9. The van der Waals surface area contributed by atoms with Crippen molar-refractivity contribution in [2.45, 2.75) is 55.5 Å². The number of hydrogen-bond acceptors (Lipinski definition) is 14. The molecule has 4 heterocycles. The van der Waals surface area contributed by atoms with Gasteiger partial charge in [-0.2, -0.15) is 5.26 Å². The number of ether oxygens (including phenoxy) is 4. The van der Waals surface area contributed by atoms with Gasteiger partial charge in [-0.3, -0.25) is 14.4 Å². The molecule has 13 nitrogen and oxygen atoms in total. The molecule has 5 atom stereocenters. The maximum absolute atomic E-state index is 12.3. The molecule has 3 aromatic heterocycles. The predicted octanol–water partition coefficient (Wildman–Crippen LogP) is 3.46. The van der Waals surface area contributed by atoms with E-state index in [9.17, 15) is 14.4 Å². The highest BCUT2D eigenvalue weighted by Crippen LogP contribution is 2.42. The van der Waals surface area contributed by atoms with Gasteiger partial charge in [0.25, 0.3) is 0 Å². The number of thioether (sulfide) groups is 1. The number of rotatable bonds is 8. The molecule has 210 valence electrons. The quantitative estimate of drug-likeness (QED) is 0.263. The van der Waals surface area contributed by atoms with Crippen molar-refractivity contribution in [1.82, 2.24) is 25.0 Å². The van der Waals surface area contributed by atoms with Crippen molar-refractivity contribution in [3.8, 4) is 16.8 Å². The van der Waals surface area contributed by atoms with Crippen molar-refractivity contribution in [2.24, 2.45) is 0 Å². The van der Waals surface area contributed by atoms with Gasteiger partial charge >= 0.3 is 17.9 Å². The monoisotopic (exact) mass is 626 g/mol. The molecule has 0 amide bonds. The van der Waals surface area contributed by atoms with E-state index in [0.717, 1.165) is 11.8 Å². The molecular weight excluding hydrogens is 607 g/mol. The molecule has 40 heavy (non-hydrogen) atoms. The standard InChI is InChI=1S/C23H20Cl2N6O7S2/c1-10(32)35-8-17-20(36-11(2)33)19(31-7-16(29-30-31)22-28-18(25)9-39-22)21(37-12(3)34)23(38-17)40-13-4-14(24)15(5-26)27-6-13/h4,6-7,9,17,19-21,23H,8H2,1-3H3/t17-,19+,20+,21-,23-/m1/s1. The van der Waals surface area contributed by atoms with Gasteiger partial charge in [-0.05, 0) is 6.07 Å². The number of nitriles is 1. The van der Waals surface area contributed by atoms with E-state index in [2.05, 4.69) is 20.3 Å². The maximum Gasteiger partial charge on any atom is 0.303 e. The molecule has 4 rings (SSSR count). The van der Waals surface area contributed by atoms with Gasteiger partial charge < -0.3 is 18.9 Å². The van der Waals surface area contributed by atoms with Gasteiger partial charge in [0.2, 0.25) is 0 Å². The molecule has 1 saturated heterocycles. The largest absolute Gasteiger partial charge is 0.463 e. The smallest absolute Gasteiger partial charge is 0.303 e. The normalized spacial score (nSPS) is 22.2. The lowest BCUT2D eigenvalue weighted by Crippen LogP contribution is -2.57. The Bertz CT molecular complexity index is 1460. The molecule has 1 aliphatic rings. The van der Waals surface area contributed by atoms with E-state index < -0.39 is 47.7 Å². The molecule has 0 aromatic carbocycles. The first-order valence-electron chi connectivity index (χ1n) is 11.4. The third-order valence-electron chi connectivity index (χ3n) is 5.36. The number of carbonyl (C=O) groups excluding carboxylic acids is 3. The van der Waals surface area contributed by atoms with E-state index in [1.807, 2.05) is 6.07 Å². The fourth-order valence-corrected chi connectivity index (χ4v) is 6.16. The van der Waals surface area contributed by atoms with Gasteiger partial charge in [0.05, 0.1) is 11.2 Å². The van der Waals surface area contributed by atoms with Crippen LogP contribution in [0.15, 0.2) is 28.7 Å². The Balaban J connectivity index is 1.79. The van der Waals surface area contributed by atoms with Crippen molar-refractivity contribution in [3.63, 3.8) is 0 Å². The Kier molecular flexibility index (Phi) is 9.59. The summed E-state index contributed by atoms with van der Waals surface area (Å²) in [5, 5.41) is 20.1. The molecule has 0 saturated carbocycles. The van der Waals surface area contributed by atoms with E-state index in [-0.39, 0.29) is 22.5 Å². The van der Waals surface area contributed by atoms with Crippen molar-refractivity contribution >= 4 is 64.2 Å². The summed E-state index contributed by atoms with van der Waals surface area (Å²) in [6, 6.07) is 2.41. The van der Waals surface area contributed by atoms with E-state index in [0.29, 0.717) is 15.6 Å². The van der Waals surface area contributed by atoms with E-state index in [1.54, 1.807) is 11.6 Å². The Morgan fingerprint density at radius 2 is 1.90 bits per heavy atom. The summed E-state index contributed by atoms with van der Waals surface area (Å²) in [7, 11) is 0. The number of carbonyl (C=O) groups is 3. The van der Waals surface area contributed by atoms with Crippen LogP contribution in [0.4, 0.5) is 0 Å². The average Bonchev–Trinajstić information content (AvgIpc) is 3.53. The van der Waals surface area contributed by atoms with Crippen molar-refractivity contribution < 1.29 is 33.3 Å². The highest BCUT2D eigenvalue weighted by atomic mass is 35.5. The molecular formula is C23H20Cl2N6O7S2. The first kappa shape index (κ1) is 29.7. The first-order valence-corrected chi connectivity index (χ1v) is 14.0. The van der Waals surface area contributed by atoms with Gasteiger partial charge in [-0.1, -0.05) is 40.2 Å². The number of thiazole rings is 1. The maximum atomic E-state index is 12.3. The van der Waals surface area contributed by atoms with Gasteiger partial charge in [0, 0.05) is 37.2 Å². The van der Waals surface area contributed by atoms with Gasteiger partial charge in [-0.25, -0.2) is 14.6 Å². The molecule has 0 aliphatic carbocycles. The fourth-order valence-electron chi connectivity index (χ4n) is 3.87. The second-order valence-electron chi connectivity index (χ2n) is 8.27. The number of aromatic nitrogens is 5. The van der Waals surface area contributed by atoms with E-state index in [4.69, 9.17) is 47.4 Å². The first-order chi connectivity index (χ1) is 19.0. The molecule has 0 radical (unpaired) electrons. The minimum atomic E-state index is -1.13. The van der Waals surface area contributed by atoms with Crippen LogP contribution in [0.25, 0.3) is 10.7 Å². The zero-order valence-electron chi connectivity index (χ0n) is 21.0. The summed E-state index contributed by atoms with van der Waals surface area (Å²) < 4.78 is 24.2. The molecule has 0 unspecified atom stereocenters. The average molecular weight is 627 g/mol. The molecule has 0 bridgehead atoms. The number of nitrogens with zero attached hydrogens (tertiary/aromatic N) is 6. The van der Waals surface area contributed by atoms with Gasteiger partial charge in [-0.15, -0.1) is 16.4 Å². The van der Waals surface area contributed by atoms with Crippen LogP contribution in [-0.2, 0) is 33.3 Å². The zero-order chi connectivity index (χ0) is 29.0. The molecule has 1 aliphatic heterocycles. The van der Waals surface area contributed by atoms with Gasteiger partial charge in [0.15, 0.2) is 17.9 Å². The lowest BCUT2D eigenvalue weighted by atomic mass is 9.96. The summed E-state index contributed by atoms with van der Waals surface area (Å²) in [6.45, 7) is 3.36. The number of pyridine rings is 1. The fraction of sp³-hybridized carbons (Fsp3) is 0.391. The molecule has 1 fully saturated rings. The molecule has 17 heteroatoms. The summed E-state index contributed by atoms with van der Waals surface area (Å²) >= 11 is 14.5. The highest BCUT2D eigenvalue weighted by molar-refractivity contribution is 7.99. The Labute approximate surface area is 245 Å². The summed E-state index contributed by atoms with van der Waals surface area (Å²) in [4.78, 5) is 44.8. The second-order valence-corrected chi connectivity index (χ2v) is 11.1. The molecule has 0 spiro atoms. The van der Waals surface area contributed by atoms with Crippen LogP contribution in [-0.4, -0.2) is 73.2 Å². The number of esters is 3. The minimum absolute atomic E-state index is 0.0325. The van der Waals surface area contributed by atoms with Crippen LogP contribution in [0.5, 0.6) is 0 Å². The minimum Gasteiger partial charge on any atom is -0.463 e. The van der Waals surface area contributed by atoms with Gasteiger partial charge in [0.1, 0.15) is 46.1 Å². The summed E-state index contributed by atoms with van der Waals surface area (Å²) in [6.07, 6.45) is -0.287. The van der Waals surface area contributed by atoms with Crippen molar-refractivity contribution in [2.75, 3.05) is 6.61 Å². The molecule has 3 aromatic rings. The SMILES string of the molecule is CC(=O)OC[C@H]1O[C@H](Sc2cnc(C#N)c(Cl)c2)[C@H](OC(C)=O)[C@@H](n2cc(-c3nc(Cl)cs3)nn2)[C@H]1OC(C)=O. The van der Waals surface area contributed by atoms with Crippen molar-refractivity contribution in [3.05, 3.63) is 39.7 Å². The number of halogens is 2. The Hall–Kier alpha value is -3.29. The van der Waals surface area contributed by atoms with Crippen LogP contribution in [0.3, 0.4) is 0 Å². The lowest BCUT2D eigenvalue weighted by Gasteiger charge is -2.44. The van der Waals surface area contributed by atoms with E-state index >= 15 is 0 Å². The third-order valence-corrected chi connectivity index (χ3v) is 7.94. The van der Waals surface area contributed by atoms with Crippen LogP contribution in [0, 0.1) is 11.3 Å². The third kappa shape index (κ3) is 7.07. The van der Waals surface area contributed by atoms with Crippen LogP contribution in [0.2, 0.25) is 10.2 Å². The van der Waals surface area contributed by atoms with Crippen LogP contribution >= 0.6 is 46.3 Å². The zero-order valence-corrected chi connectivity index (χ0v) is 24.2.